The van der Waals surface area contributed by atoms with Gasteiger partial charge in [-0.15, -0.1) is 0 Å². The van der Waals surface area contributed by atoms with Crippen LogP contribution in [0.3, 0.4) is 0 Å². The van der Waals surface area contributed by atoms with Gasteiger partial charge in [-0.25, -0.2) is 9.97 Å². The molecular formula is C12H21N3S. The van der Waals surface area contributed by atoms with Gasteiger partial charge in [-0.05, 0) is 25.3 Å². The summed E-state index contributed by atoms with van der Waals surface area (Å²) in [4.78, 5) is 8.51. The van der Waals surface area contributed by atoms with Crippen LogP contribution in [0.15, 0.2) is 17.6 Å². The normalized spacial score (nSPS) is 13.1. The first-order valence-corrected chi connectivity index (χ1v) is 6.73. The third-order valence-corrected chi connectivity index (χ3v) is 3.43. The fraction of sp³-hybridized carbons (Fsp3) is 0.667. The molecule has 0 aromatic carbocycles. The van der Waals surface area contributed by atoms with E-state index in [9.17, 15) is 0 Å². The number of hydrogen-bond donors (Lipinski definition) is 1. The fourth-order valence-electron chi connectivity index (χ4n) is 1.12. The Morgan fingerprint density at radius 1 is 1.25 bits per heavy atom. The van der Waals surface area contributed by atoms with Crippen LogP contribution in [-0.2, 0) is 0 Å². The van der Waals surface area contributed by atoms with Gasteiger partial charge in [0.15, 0.2) is 5.16 Å². The first-order valence-electron chi connectivity index (χ1n) is 5.74. The summed E-state index contributed by atoms with van der Waals surface area (Å²) in [6.45, 7) is 9.68. The van der Waals surface area contributed by atoms with Gasteiger partial charge in [-0.2, -0.15) is 0 Å². The molecule has 16 heavy (non-hydrogen) atoms. The maximum absolute atomic E-state index is 4.25. The standard InChI is InChI=1S/C12H21N3S/c1-9(2)11(4)13-5-6-16-12-14-7-10(3)8-15-12/h7-9,11,13H,5-6H2,1-4H3. The molecule has 0 saturated heterocycles. The number of hydrogen-bond acceptors (Lipinski definition) is 4. The third kappa shape index (κ3) is 4.94. The zero-order valence-electron chi connectivity index (χ0n) is 10.5. The summed E-state index contributed by atoms with van der Waals surface area (Å²) in [5.41, 5.74) is 1.11. The molecule has 0 radical (unpaired) electrons. The molecule has 1 atom stereocenters. The molecular weight excluding hydrogens is 218 g/mol. The zero-order chi connectivity index (χ0) is 12.0. The quantitative estimate of drug-likeness (QED) is 0.470. The maximum Gasteiger partial charge on any atom is 0.187 e. The summed E-state index contributed by atoms with van der Waals surface area (Å²) < 4.78 is 0. The lowest BCUT2D eigenvalue weighted by Gasteiger charge is -2.16. The van der Waals surface area contributed by atoms with E-state index in [4.69, 9.17) is 0 Å². The van der Waals surface area contributed by atoms with Crippen LogP contribution in [0.4, 0.5) is 0 Å². The highest BCUT2D eigenvalue weighted by Crippen LogP contribution is 2.11. The Labute approximate surface area is 102 Å². The summed E-state index contributed by atoms with van der Waals surface area (Å²) in [6, 6.07) is 0.569. The molecule has 0 aliphatic heterocycles. The highest BCUT2D eigenvalue weighted by molar-refractivity contribution is 7.99. The third-order valence-electron chi connectivity index (χ3n) is 2.56. The molecule has 0 aliphatic carbocycles. The molecule has 0 fully saturated rings. The van der Waals surface area contributed by atoms with Gasteiger partial charge in [0.2, 0.25) is 0 Å². The van der Waals surface area contributed by atoms with Crippen LogP contribution in [0.1, 0.15) is 26.3 Å². The van der Waals surface area contributed by atoms with Crippen molar-refractivity contribution in [1.29, 1.82) is 0 Å². The Morgan fingerprint density at radius 3 is 2.44 bits per heavy atom. The van der Waals surface area contributed by atoms with E-state index in [1.807, 2.05) is 19.3 Å². The highest BCUT2D eigenvalue weighted by atomic mass is 32.2. The van der Waals surface area contributed by atoms with Gasteiger partial charge in [-0.3, -0.25) is 0 Å². The minimum atomic E-state index is 0.569. The van der Waals surface area contributed by atoms with E-state index in [-0.39, 0.29) is 0 Å². The number of nitrogens with zero attached hydrogens (tertiary/aromatic N) is 2. The van der Waals surface area contributed by atoms with Crippen LogP contribution in [-0.4, -0.2) is 28.3 Å². The zero-order valence-corrected chi connectivity index (χ0v) is 11.3. The number of aromatic nitrogens is 2. The SMILES string of the molecule is Cc1cnc(SCCNC(C)C(C)C)nc1. The minimum Gasteiger partial charge on any atom is -0.313 e. The Kier molecular flexibility index (Phi) is 5.77. The second-order valence-corrected chi connectivity index (χ2v) is 5.44. The van der Waals surface area contributed by atoms with E-state index in [2.05, 4.69) is 36.1 Å². The van der Waals surface area contributed by atoms with Gasteiger partial charge < -0.3 is 5.32 Å². The fourth-order valence-corrected chi connectivity index (χ4v) is 1.78. The van der Waals surface area contributed by atoms with Crippen LogP contribution in [0.5, 0.6) is 0 Å². The summed E-state index contributed by atoms with van der Waals surface area (Å²) in [6.07, 6.45) is 3.72. The topological polar surface area (TPSA) is 37.8 Å². The molecule has 0 spiro atoms. The van der Waals surface area contributed by atoms with E-state index < -0.39 is 0 Å². The second-order valence-electron chi connectivity index (χ2n) is 4.38. The van der Waals surface area contributed by atoms with Gasteiger partial charge in [0, 0.05) is 30.7 Å². The van der Waals surface area contributed by atoms with E-state index in [0.717, 1.165) is 23.0 Å². The molecule has 0 saturated carbocycles. The molecule has 90 valence electrons. The van der Waals surface area contributed by atoms with Crippen molar-refractivity contribution in [3.8, 4) is 0 Å². The van der Waals surface area contributed by atoms with Crippen molar-refractivity contribution in [2.75, 3.05) is 12.3 Å². The Bertz CT molecular complexity index is 298. The number of thioether (sulfide) groups is 1. The van der Waals surface area contributed by atoms with E-state index >= 15 is 0 Å². The number of rotatable bonds is 6. The van der Waals surface area contributed by atoms with Gasteiger partial charge in [0.1, 0.15) is 0 Å². The van der Waals surface area contributed by atoms with E-state index in [1.54, 1.807) is 11.8 Å². The van der Waals surface area contributed by atoms with Crippen LogP contribution < -0.4 is 5.32 Å². The lowest BCUT2D eigenvalue weighted by molar-refractivity contribution is 0.438. The van der Waals surface area contributed by atoms with Crippen molar-refractivity contribution in [2.24, 2.45) is 5.92 Å². The molecule has 0 bridgehead atoms. The van der Waals surface area contributed by atoms with Crippen LogP contribution in [0.2, 0.25) is 0 Å². The van der Waals surface area contributed by atoms with Gasteiger partial charge in [-0.1, -0.05) is 25.6 Å². The summed E-state index contributed by atoms with van der Waals surface area (Å²) in [5.74, 6) is 1.70. The molecule has 1 rings (SSSR count). The average Bonchev–Trinajstić information content (AvgIpc) is 2.26. The summed E-state index contributed by atoms with van der Waals surface area (Å²) in [7, 11) is 0. The Balaban J connectivity index is 2.18. The number of aryl methyl sites for hydroxylation is 1. The molecule has 3 nitrogen and oxygen atoms in total. The average molecular weight is 239 g/mol. The smallest absolute Gasteiger partial charge is 0.187 e. The second kappa shape index (κ2) is 6.86. The summed E-state index contributed by atoms with van der Waals surface area (Å²) >= 11 is 1.70. The molecule has 1 unspecified atom stereocenters. The summed E-state index contributed by atoms with van der Waals surface area (Å²) in [5, 5.41) is 4.35. The van der Waals surface area contributed by atoms with Crippen molar-refractivity contribution in [1.82, 2.24) is 15.3 Å². The van der Waals surface area contributed by atoms with Crippen molar-refractivity contribution in [3.63, 3.8) is 0 Å². The molecule has 0 aliphatic rings. The molecule has 4 heteroatoms. The maximum atomic E-state index is 4.25. The van der Waals surface area contributed by atoms with Crippen molar-refractivity contribution >= 4 is 11.8 Å². The van der Waals surface area contributed by atoms with Gasteiger partial charge >= 0.3 is 0 Å². The molecule has 0 amide bonds. The monoisotopic (exact) mass is 239 g/mol. The Morgan fingerprint density at radius 2 is 1.88 bits per heavy atom. The van der Waals surface area contributed by atoms with E-state index in [1.165, 1.54) is 0 Å². The van der Waals surface area contributed by atoms with Crippen LogP contribution in [0.25, 0.3) is 0 Å². The predicted octanol–water partition coefficient (Wildman–Crippen LogP) is 2.51. The van der Waals surface area contributed by atoms with Crippen LogP contribution in [0, 0.1) is 12.8 Å². The minimum absolute atomic E-state index is 0.569. The molecule has 1 N–H and O–H groups in total. The van der Waals surface area contributed by atoms with E-state index in [0.29, 0.717) is 12.0 Å². The Hall–Kier alpha value is -0.610. The first kappa shape index (κ1) is 13.5. The van der Waals surface area contributed by atoms with Crippen molar-refractivity contribution < 1.29 is 0 Å². The molecule has 1 heterocycles. The predicted molar refractivity (Wildman–Crippen MR) is 69.8 cm³/mol. The largest absolute Gasteiger partial charge is 0.313 e. The molecule has 1 aromatic heterocycles. The lowest BCUT2D eigenvalue weighted by atomic mass is 10.1. The highest BCUT2D eigenvalue weighted by Gasteiger charge is 2.05. The van der Waals surface area contributed by atoms with Crippen LogP contribution >= 0.6 is 11.8 Å². The lowest BCUT2D eigenvalue weighted by Crippen LogP contribution is -2.32. The first-order chi connectivity index (χ1) is 7.59. The molecule has 1 aromatic rings. The van der Waals surface area contributed by atoms with Gasteiger partial charge in [0.05, 0.1) is 0 Å². The van der Waals surface area contributed by atoms with Crippen molar-refractivity contribution in [2.45, 2.75) is 38.9 Å². The number of nitrogens with one attached hydrogen (secondary N) is 1. The van der Waals surface area contributed by atoms with Gasteiger partial charge in [0.25, 0.3) is 0 Å². The van der Waals surface area contributed by atoms with Crippen molar-refractivity contribution in [3.05, 3.63) is 18.0 Å².